The molecule has 1 atom stereocenters. The van der Waals surface area contributed by atoms with Crippen LogP contribution >= 0.6 is 11.8 Å². The van der Waals surface area contributed by atoms with Gasteiger partial charge >= 0.3 is 5.97 Å². The van der Waals surface area contributed by atoms with Gasteiger partial charge in [0.05, 0.1) is 29.9 Å². The third kappa shape index (κ3) is 4.61. The fourth-order valence-electron chi connectivity index (χ4n) is 3.40. The van der Waals surface area contributed by atoms with E-state index in [0.717, 1.165) is 23.2 Å². The average Bonchev–Trinajstić information content (AvgIpc) is 2.81. The second-order valence-corrected chi connectivity index (χ2v) is 8.02. The van der Waals surface area contributed by atoms with Crippen LogP contribution in [-0.4, -0.2) is 23.8 Å². The number of hydrogen-bond acceptors (Lipinski definition) is 8. The van der Waals surface area contributed by atoms with E-state index in [1.54, 1.807) is 12.1 Å². The van der Waals surface area contributed by atoms with E-state index in [9.17, 15) is 15.3 Å². The highest BCUT2D eigenvalue weighted by atomic mass is 32.2. The maximum absolute atomic E-state index is 12.8. The van der Waals surface area contributed by atoms with Gasteiger partial charge in [-0.25, -0.2) is 9.78 Å². The number of nitrogens with zero attached hydrogens (tertiary/aromatic N) is 3. The molecule has 0 bridgehead atoms. The number of aromatic nitrogens is 1. The molecule has 2 heterocycles. The van der Waals surface area contributed by atoms with Gasteiger partial charge in [0.2, 0.25) is 5.88 Å². The highest BCUT2D eigenvalue weighted by Crippen LogP contribution is 2.41. The minimum absolute atomic E-state index is 0.0574. The first-order valence-corrected chi connectivity index (χ1v) is 10.9. The number of aryl methyl sites for hydroxylation is 2. The van der Waals surface area contributed by atoms with Crippen molar-refractivity contribution >= 4 is 17.7 Å². The Morgan fingerprint density at radius 1 is 1.22 bits per heavy atom. The van der Waals surface area contributed by atoms with Crippen molar-refractivity contribution in [3.05, 3.63) is 81.6 Å². The van der Waals surface area contributed by atoms with E-state index in [0.29, 0.717) is 10.6 Å². The molecule has 0 saturated carbocycles. The molecule has 32 heavy (non-hydrogen) atoms. The van der Waals surface area contributed by atoms with Crippen molar-refractivity contribution in [3.63, 3.8) is 0 Å². The number of allylic oxidation sites excluding steroid dienone is 1. The highest BCUT2D eigenvalue weighted by Gasteiger charge is 2.37. The number of thioether (sulfide) groups is 1. The van der Waals surface area contributed by atoms with Crippen molar-refractivity contribution < 1.29 is 14.3 Å². The first-order valence-electron chi connectivity index (χ1n) is 9.91. The van der Waals surface area contributed by atoms with E-state index < -0.39 is 11.9 Å². The van der Waals surface area contributed by atoms with Gasteiger partial charge in [-0.1, -0.05) is 43.0 Å². The molecular weight excluding hydrogens is 424 g/mol. The number of benzene rings is 1. The maximum atomic E-state index is 12.8. The smallest absolute Gasteiger partial charge is 0.338 e. The summed E-state index contributed by atoms with van der Waals surface area (Å²) in [5, 5.41) is 19.7. The Morgan fingerprint density at radius 2 is 1.94 bits per heavy atom. The molecular formula is C24H22N4O3S. The number of ether oxygens (including phenoxy) is 2. The van der Waals surface area contributed by atoms with Crippen LogP contribution in [-0.2, 0) is 20.7 Å². The number of esters is 1. The molecule has 162 valence electrons. The summed E-state index contributed by atoms with van der Waals surface area (Å²) in [7, 11) is 1.28. The largest absolute Gasteiger partial charge is 0.466 e. The Bertz CT molecular complexity index is 1190. The number of methoxy groups -OCH3 is 1. The normalized spacial score (nSPS) is 15.6. The Balaban J connectivity index is 2.08. The van der Waals surface area contributed by atoms with E-state index in [1.165, 1.54) is 18.9 Å². The molecule has 0 unspecified atom stereocenters. The summed E-state index contributed by atoms with van der Waals surface area (Å²) >= 11 is 1.25. The van der Waals surface area contributed by atoms with Crippen LogP contribution < -0.4 is 5.73 Å². The third-order valence-electron chi connectivity index (χ3n) is 5.08. The fraction of sp³-hybridized carbons (Fsp3) is 0.250. The van der Waals surface area contributed by atoms with Crippen LogP contribution in [0.4, 0.5) is 0 Å². The average molecular weight is 447 g/mol. The molecule has 2 aromatic rings. The molecule has 7 nitrogen and oxygen atoms in total. The molecule has 0 saturated heterocycles. The molecule has 1 aromatic carbocycles. The Labute approximate surface area is 191 Å². The van der Waals surface area contributed by atoms with Gasteiger partial charge in [0.1, 0.15) is 28.5 Å². The zero-order chi connectivity index (χ0) is 23.3. The lowest BCUT2D eigenvalue weighted by Gasteiger charge is -2.28. The highest BCUT2D eigenvalue weighted by molar-refractivity contribution is 7.99. The molecule has 1 aromatic heterocycles. The van der Waals surface area contributed by atoms with Crippen molar-refractivity contribution in [1.29, 1.82) is 10.5 Å². The number of hydrogen-bond donors (Lipinski definition) is 1. The minimum atomic E-state index is -0.719. The van der Waals surface area contributed by atoms with Gasteiger partial charge in [-0.15, -0.1) is 0 Å². The zero-order valence-electron chi connectivity index (χ0n) is 18.0. The summed E-state index contributed by atoms with van der Waals surface area (Å²) in [6.07, 6.45) is 0.865. The number of nitrogens with two attached hydrogens (primary N) is 1. The summed E-state index contributed by atoms with van der Waals surface area (Å²) in [5.41, 5.74) is 9.49. The van der Waals surface area contributed by atoms with Crippen molar-refractivity contribution in [2.24, 2.45) is 5.73 Å². The zero-order valence-corrected chi connectivity index (χ0v) is 18.8. The summed E-state index contributed by atoms with van der Waals surface area (Å²) < 4.78 is 10.8. The molecule has 0 fully saturated rings. The van der Waals surface area contributed by atoms with E-state index in [4.69, 9.17) is 15.2 Å². The monoisotopic (exact) mass is 446 g/mol. The molecule has 2 N–H and O–H groups in total. The van der Waals surface area contributed by atoms with Crippen molar-refractivity contribution in [2.75, 3.05) is 12.9 Å². The van der Waals surface area contributed by atoms with Crippen molar-refractivity contribution in [1.82, 2.24) is 4.98 Å². The van der Waals surface area contributed by atoms with E-state index in [2.05, 4.69) is 17.1 Å². The first kappa shape index (κ1) is 22.9. The summed E-state index contributed by atoms with van der Waals surface area (Å²) in [6.45, 7) is 3.88. The predicted molar refractivity (Wildman–Crippen MR) is 120 cm³/mol. The second-order valence-electron chi connectivity index (χ2n) is 7.05. The van der Waals surface area contributed by atoms with Gasteiger partial charge in [0, 0.05) is 5.69 Å². The molecule has 1 aliphatic heterocycles. The number of rotatable bonds is 6. The molecule has 0 spiro atoms. The minimum Gasteiger partial charge on any atom is -0.466 e. The van der Waals surface area contributed by atoms with Crippen LogP contribution in [0.15, 0.2) is 64.2 Å². The van der Waals surface area contributed by atoms with Crippen LogP contribution in [0.5, 0.6) is 0 Å². The third-order valence-corrected chi connectivity index (χ3v) is 6.07. The lowest BCUT2D eigenvalue weighted by molar-refractivity contribution is -0.136. The predicted octanol–water partition coefficient (Wildman–Crippen LogP) is 3.85. The number of carbonyl (C=O) groups is 1. The quantitative estimate of drug-likeness (QED) is 0.524. The van der Waals surface area contributed by atoms with Crippen LogP contribution in [0.25, 0.3) is 0 Å². The van der Waals surface area contributed by atoms with Gasteiger partial charge in [0.25, 0.3) is 0 Å². The maximum Gasteiger partial charge on any atom is 0.338 e. The fourth-order valence-corrected chi connectivity index (χ4v) is 4.36. The van der Waals surface area contributed by atoms with Crippen molar-refractivity contribution in [3.8, 4) is 12.1 Å². The summed E-state index contributed by atoms with van der Waals surface area (Å²) in [5.74, 6) is -0.932. The van der Waals surface area contributed by atoms with Gasteiger partial charge < -0.3 is 15.2 Å². The van der Waals surface area contributed by atoms with Gasteiger partial charge in [-0.3, -0.25) is 0 Å². The molecule has 3 rings (SSSR count). The number of pyridine rings is 1. The molecule has 8 heteroatoms. The van der Waals surface area contributed by atoms with E-state index >= 15 is 0 Å². The Kier molecular flexibility index (Phi) is 7.19. The molecule has 0 radical (unpaired) electrons. The molecule has 0 amide bonds. The topological polar surface area (TPSA) is 122 Å². The number of carbonyl (C=O) groups excluding carboxylic acids is 1. The van der Waals surface area contributed by atoms with Crippen molar-refractivity contribution in [2.45, 2.75) is 31.2 Å². The van der Waals surface area contributed by atoms with Crippen LogP contribution in [0.1, 0.15) is 35.2 Å². The lowest BCUT2D eigenvalue weighted by atomic mass is 9.83. The first-order chi connectivity index (χ1) is 15.4. The van der Waals surface area contributed by atoms with E-state index in [1.807, 2.05) is 38.1 Å². The number of nitriles is 2. The standard InChI is InChI=1S/C24H22N4O3S/c1-4-15-6-9-16(10-7-15)20-18(12-26)22(27)31-19(21(20)24(29)30-3)13-32-23-17(11-25)8-5-14(2)28-23/h5-10,20H,4,13,27H2,1-3H3/t20-/m1/s1. The van der Waals surface area contributed by atoms with Gasteiger partial charge in [-0.2, -0.15) is 10.5 Å². The SMILES string of the molecule is CCc1ccc([C@@H]2C(C#N)=C(N)OC(CSc3nc(C)ccc3C#N)=C2C(=O)OC)cc1. The Hall–Kier alpha value is -3.75. The molecule has 0 aliphatic carbocycles. The summed E-state index contributed by atoms with van der Waals surface area (Å²) in [4.78, 5) is 17.2. The van der Waals surface area contributed by atoms with E-state index in [-0.39, 0.29) is 28.5 Å². The van der Waals surface area contributed by atoms with Gasteiger partial charge in [-0.05, 0) is 36.6 Å². The second kappa shape index (κ2) is 10.0. The Morgan fingerprint density at radius 3 is 2.53 bits per heavy atom. The summed E-state index contributed by atoms with van der Waals surface area (Å²) in [6, 6.07) is 15.3. The van der Waals surface area contributed by atoms with Crippen LogP contribution in [0.3, 0.4) is 0 Å². The van der Waals surface area contributed by atoms with Crippen LogP contribution in [0, 0.1) is 29.6 Å². The molecule has 1 aliphatic rings. The van der Waals surface area contributed by atoms with Crippen LogP contribution in [0.2, 0.25) is 0 Å². The lowest BCUT2D eigenvalue weighted by Crippen LogP contribution is -2.26. The van der Waals surface area contributed by atoms with Gasteiger partial charge in [0.15, 0.2) is 0 Å².